The zero-order valence-electron chi connectivity index (χ0n) is 14.1. The molecule has 0 aliphatic heterocycles. The van der Waals surface area contributed by atoms with Crippen LogP contribution in [0.15, 0.2) is 54.7 Å². The van der Waals surface area contributed by atoms with Gasteiger partial charge in [0.15, 0.2) is 0 Å². The highest BCUT2D eigenvalue weighted by Gasteiger charge is 2.09. The predicted octanol–water partition coefficient (Wildman–Crippen LogP) is 3.16. The average Bonchev–Trinajstić information content (AvgIpc) is 3.00. The van der Waals surface area contributed by atoms with Gasteiger partial charge in [-0.15, -0.1) is 0 Å². The third-order valence-corrected chi connectivity index (χ3v) is 4.12. The van der Waals surface area contributed by atoms with Crippen molar-refractivity contribution in [2.45, 2.75) is 19.8 Å². The molecule has 0 spiro atoms. The second-order valence-electron chi connectivity index (χ2n) is 6.00. The maximum absolute atomic E-state index is 12.1. The smallest absolute Gasteiger partial charge is 0.226 e. The molecule has 0 aliphatic carbocycles. The van der Waals surface area contributed by atoms with Crippen molar-refractivity contribution >= 4 is 28.4 Å². The highest BCUT2D eigenvalue weighted by Crippen LogP contribution is 2.18. The van der Waals surface area contributed by atoms with Crippen molar-refractivity contribution in [2.75, 3.05) is 11.9 Å². The van der Waals surface area contributed by atoms with Crippen LogP contribution in [0, 0.1) is 6.92 Å². The molecule has 0 bridgehead atoms. The van der Waals surface area contributed by atoms with Crippen LogP contribution in [0.1, 0.15) is 17.5 Å². The molecular formula is C20H21N3O2. The number of amides is 2. The number of carbonyl (C=O) groups excluding carboxylic acids is 2. The number of carbonyl (C=O) groups is 2. The van der Waals surface area contributed by atoms with Crippen molar-refractivity contribution in [1.82, 2.24) is 10.3 Å². The van der Waals surface area contributed by atoms with E-state index in [1.165, 1.54) is 0 Å². The Balaban J connectivity index is 1.46. The maximum Gasteiger partial charge on any atom is 0.226 e. The number of fused-ring (bicyclic) bond motifs is 1. The van der Waals surface area contributed by atoms with Gasteiger partial charge in [0, 0.05) is 35.8 Å². The van der Waals surface area contributed by atoms with Gasteiger partial charge in [-0.05, 0) is 30.2 Å². The van der Waals surface area contributed by atoms with E-state index in [9.17, 15) is 9.59 Å². The van der Waals surface area contributed by atoms with Crippen LogP contribution in [0.4, 0.5) is 5.69 Å². The lowest BCUT2D eigenvalue weighted by atomic mass is 10.1. The molecule has 5 heteroatoms. The minimum absolute atomic E-state index is 0.0894. The third-order valence-electron chi connectivity index (χ3n) is 4.12. The number of para-hydroxylation sites is 2. The van der Waals surface area contributed by atoms with E-state index in [4.69, 9.17) is 0 Å². The number of aryl methyl sites for hydroxylation is 1. The van der Waals surface area contributed by atoms with E-state index >= 15 is 0 Å². The van der Waals surface area contributed by atoms with Gasteiger partial charge >= 0.3 is 0 Å². The summed E-state index contributed by atoms with van der Waals surface area (Å²) in [6.07, 6.45) is 2.40. The Bertz CT molecular complexity index is 899. The van der Waals surface area contributed by atoms with E-state index in [-0.39, 0.29) is 18.2 Å². The molecule has 128 valence electrons. The Hall–Kier alpha value is -3.08. The zero-order chi connectivity index (χ0) is 17.6. The van der Waals surface area contributed by atoms with Crippen molar-refractivity contribution in [2.24, 2.45) is 0 Å². The van der Waals surface area contributed by atoms with Crippen molar-refractivity contribution in [3.8, 4) is 0 Å². The fourth-order valence-electron chi connectivity index (χ4n) is 2.75. The molecule has 1 aromatic heterocycles. The van der Waals surface area contributed by atoms with Gasteiger partial charge < -0.3 is 15.6 Å². The molecule has 3 aromatic rings. The topological polar surface area (TPSA) is 74.0 Å². The first-order valence-electron chi connectivity index (χ1n) is 8.30. The number of H-pyrrole nitrogens is 1. The Morgan fingerprint density at radius 2 is 1.76 bits per heavy atom. The van der Waals surface area contributed by atoms with Gasteiger partial charge in [-0.3, -0.25) is 9.59 Å². The van der Waals surface area contributed by atoms with Crippen LogP contribution in [-0.2, 0) is 16.0 Å². The van der Waals surface area contributed by atoms with Crippen molar-refractivity contribution in [1.29, 1.82) is 0 Å². The van der Waals surface area contributed by atoms with E-state index in [1.807, 2.05) is 61.7 Å². The van der Waals surface area contributed by atoms with Crippen molar-refractivity contribution < 1.29 is 9.59 Å². The second-order valence-corrected chi connectivity index (χ2v) is 6.00. The van der Waals surface area contributed by atoms with Gasteiger partial charge in [0.05, 0.1) is 6.42 Å². The Kier molecular flexibility index (Phi) is 5.14. The maximum atomic E-state index is 12.1. The summed E-state index contributed by atoms with van der Waals surface area (Å²) in [4.78, 5) is 27.2. The van der Waals surface area contributed by atoms with Crippen LogP contribution < -0.4 is 10.6 Å². The first-order valence-corrected chi connectivity index (χ1v) is 8.30. The molecule has 0 unspecified atom stereocenters. The summed E-state index contributed by atoms with van der Waals surface area (Å²) in [7, 11) is 0. The minimum Gasteiger partial charge on any atom is -0.361 e. The molecule has 1 heterocycles. The quantitative estimate of drug-likeness (QED) is 0.647. The number of hydrogen-bond donors (Lipinski definition) is 3. The number of hydrogen-bond acceptors (Lipinski definition) is 2. The van der Waals surface area contributed by atoms with Gasteiger partial charge in [-0.25, -0.2) is 0 Å². The van der Waals surface area contributed by atoms with Crippen LogP contribution >= 0.6 is 0 Å². The summed E-state index contributed by atoms with van der Waals surface area (Å²) in [5.41, 5.74) is 3.79. The number of anilines is 1. The summed E-state index contributed by atoms with van der Waals surface area (Å²) >= 11 is 0. The molecular weight excluding hydrogens is 314 g/mol. The van der Waals surface area contributed by atoms with Crippen molar-refractivity contribution in [3.05, 3.63) is 65.9 Å². The van der Waals surface area contributed by atoms with Gasteiger partial charge in [-0.1, -0.05) is 36.4 Å². The van der Waals surface area contributed by atoms with Gasteiger partial charge in [-0.2, -0.15) is 0 Å². The van der Waals surface area contributed by atoms with Crippen LogP contribution in [0.5, 0.6) is 0 Å². The molecule has 0 radical (unpaired) electrons. The third kappa shape index (κ3) is 4.26. The molecule has 5 nitrogen and oxygen atoms in total. The second kappa shape index (κ2) is 7.66. The number of rotatable bonds is 6. The first-order chi connectivity index (χ1) is 12.1. The summed E-state index contributed by atoms with van der Waals surface area (Å²) in [6, 6.07) is 15.5. The minimum atomic E-state index is -0.110. The molecule has 0 aliphatic rings. The normalized spacial score (nSPS) is 10.6. The molecule has 0 saturated heterocycles. The molecule has 0 fully saturated rings. The van der Waals surface area contributed by atoms with E-state index in [0.717, 1.165) is 27.7 Å². The van der Waals surface area contributed by atoms with Crippen LogP contribution in [0.2, 0.25) is 0 Å². The number of benzene rings is 2. The van der Waals surface area contributed by atoms with E-state index in [2.05, 4.69) is 15.6 Å². The number of nitrogens with one attached hydrogen (secondary N) is 3. The Morgan fingerprint density at radius 1 is 1.00 bits per heavy atom. The van der Waals surface area contributed by atoms with E-state index in [1.54, 1.807) is 0 Å². The van der Waals surface area contributed by atoms with Crippen LogP contribution in [-0.4, -0.2) is 23.3 Å². The summed E-state index contributed by atoms with van der Waals surface area (Å²) in [5.74, 6) is -0.199. The predicted molar refractivity (Wildman–Crippen MR) is 99.4 cm³/mol. The molecule has 2 aromatic carbocycles. The largest absolute Gasteiger partial charge is 0.361 e. The Labute approximate surface area is 146 Å². The van der Waals surface area contributed by atoms with E-state index in [0.29, 0.717) is 13.0 Å². The fourth-order valence-corrected chi connectivity index (χ4v) is 2.75. The molecule has 0 atom stereocenters. The van der Waals surface area contributed by atoms with Crippen molar-refractivity contribution in [3.63, 3.8) is 0 Å². The number of aromatic amines is 1. The molecule has 3 rings (SSSR count). The fraction of sp³-hybridized carbons (Fsp3) is 0.200. The van der Waals surface area contributed by atoms with Crippen LogP contribution in [0.25, 0.3) is 10.9 Å². The first kappa shape index (κ1) is 16.8. The monoisotopic (exact) mass is 335 g/mol. The SMILES string of the molecule is Cc1ccccc1NC(=O)CCNC(=O)Cc1c[nH]c2ccccc12. The van der Waals surface area contributed by atoms with E-state index < -0.39 is 0 Å². The highest BCUT2D eigenvalue weighted by molar-refractivity contribution is 5.92. The average molecular weight is 335 g/mol. The summed E-state index contributed by atoms with van der Waals surface area (Å²) in [5, 5.41) is 6.71. The lowest BCUT2D eigenvalue weighted by molar-refractivity contribution is -0.120. The highest BCUT2D eigenvalue weighted by atomic mass is 16.2. The summed E-state index contributed by atoms with van der Waals surface area (Å²) < 4.78 is 0. The number of aromatic nitrogens is 1. The van der Waals surface area contributed by atoms with Crippen LogP contribution in [0.3, 0.4) is 0 Å². The lowest BCUT2D eigenvalue weighted by Crippen LogP contribution is -2.28. The van der Waals surface area contributed by atoms with Gasteiger partial charge in [0.25, 0.3) is 0 Å². The molecule has 2 amide bonds. The van der Waals surface area contributed by atoms with Gasteiger partial charge in [0.2, 0.25) is 11.8 Å². The summed E-state index contributed by atoms with van der Waals surface area (Å²) in [6.45, 7) is 2.26. The molecule has 0 saturated carbocycles. The molecule has 25 heavy (non-hydrogen) atoms. The lowest BCUT2D eigenvalue weighted by Gasteiger charge is -2.08. The van der Waals surface area contributed by atoms with Gasteiger partial charge in [0.1, 0.15) is 0 Å². The zero-order valence-corrected chi connectivity index (χ0v) is 14.1. The standard InChI is InChI=1S/C20H21N3O2/c1-14-6-2-4-8-17(14)23-19(24)10-11-21-20(25)12-15-13-22-18-9-5-3-7-16(15)18/h2-9,13,22H,10-12H2,1H3,(H,21,25)(H,23,24). The molecule has 3 N–H and O–H groups in total. The Morgan fingerprint density at radius 3 is 2.60 bits per heavy atom.